The zero-order chi connectivity index (χ0) is 20.0. The van der Waals surface area contributed by atoms with Gasteiger partial charge in [-0.05, 0) is 38.1 Å². The van der Waals surface area contributed by atoms with E-state index in [1.807, 2.05) is 32.0 Å². The molecule has 0 heterocycles. The maximum atomic E-state index is 12.6. The summed E-state index contributed by atoms with van der Waals surface area (Å²) in [5.41, 5.74) is 2.16. The summed E-state index contributed by atoms with van der Waals surface area (Å²) in [5.74, 6) is 0.310. The second-order valence-electron chi connectivity index (χ2n) is 6.11. The molecule has 0 aliphatic heterocycles. The maximum absolute atomic E-state index is 12.6. The van der Waals surface area contributed by atoms with Crippen LogP contribution >= 0.6 is 0 Å². The van der Waals surface area contributed by atoms with Gasteiger partial charge in [-0.3, -0.25) is 4.79 Å². The van der Waals surface area contributed by atoms with Crippen LogP contribution in [0, 0.1) is 6.92 Å². The predicted octanol–water partition coefficient (Wildman–Crippen LogP) is 2.96. The summed E-state index contributed by atoms with van der Waals surface area (Å²) >= 11 is 0. The molecule has 0 spiro atoms. The number of hydrogen-bond acceptors (Lipinski definition) is 4. The van der Waals surface area contributed by atoms with Crippen LogP contribution in [0.3, 0.4) is 0 Å². The summed E-state index contributed by atoms with van der Waals surface area (Å²) in [6.07, 6.45) is 1.45. The molecule has 0 aromatic heterocycles. The number of aryl methyl sites for hydroxylation is 1. The van der Waals surface area contributed by atoms with Crippen molar-refractivity contribution in [3.8, 4) is 5.75 Å². The van der Waals surface area contributed by atoms with Crippen molar-refractivity contribution in [2.75, 3.05) is 13.7 Å². The Morgan fingerprint density at radius 2 is 2.00 bits per heavy atom. The molecule has 0 aliphatic rings. The third-order valence-electron chi connectivity index (χ3n) is 4.02. The highest BCUT2D eigenvalue weighted by Crippen LogP contribution is 2.26. The molecule has 27 heavy (non-hydrogen) atoms. The lowest BCUT2D eigenvalue weighted by Gasteiger charge is -2.18. The molecule has 1 unspecified atom stereocenters. The molecule has 1 atom stereocenters. The molecule has 2 rings (SSSR count). The van der Waals surface area contributed by atoms with Crippen LogP contribution in [0.25, 0.3) is 0 Å². The second kappa shape index (κ2) is 8.83. The third kappa shape index (κ3) is 5.18. The summed E-state index contributed by atoms with van der Waals surface area (Å²) in [7, 11) is -2.12. The number of hydrogen-bond donors (Lipinski definition) is 2. The van der Waals surface area contributed by atoms with Crippen LogP contribution in [0.5, 0.6) is 5.75 Å². The summed E-state index contributed by atoms with van der Waals surface area (Å²) < 4.78 is 32.2. The van der Waals surface area contributed by atoms with Crippen molar-refractivity contribution in [3.05, 3.63) is 71.8 Å². The van der Waals surface area contributed by atoms with Crippen molar-refractivity contribution in [3.63, 3.8) is 0 Å². The Morgan fingerprint density at radius 1 is 1.26 bits per heavy atom. The summed E-state index contributed by atoms with van der Waals surface area (Å²) in [5, 5.41) is 2.89. The normalized spacial score (nSPS) is 12.3. The predicted molar refractivity (Wildman–Crippen MR) is 105 cm³/mol. The van der Waals surface area contributed by atoms with Crippen molar-refractivity contribution in [1.29, 1.82) is 0 Å². The third-order valence-corrected chi connectivity index (χ3v) is 5.44. The molecule has 6 nitrogen and oxygen atoms in total. The van der Waals surface area contributed by atoms with Gasteiger partial charge in [0, 0.05) is 17.7 Å². The van der Waals surface area contributed by atoms with Gasteiger partial charge in [0.15, 0.2) is 0 Å². The minimum Gasteiger partial charge on any atom is -0.496 e. The molecular weight excluding hydrogens is 364 g/mol. The Morgan fingerprint density at radius 3 is 2.67 bits per heavy atom. The van der Waals surface area contributed by atoms with Gasteiger partial charge in [-0.15, -0.1) is 6.58 Å². The topological polar surface area (TPSA) is 84.5 Å². The van der Waals surface area contributed by atoms with E-state index in [0.717, 1.165) is 11.1 Å². The summed E-state index contributed by atoms with van der Waals surface area (Å²) in [4.78, 5) is 12.6. The molecule has 0 fully saturated rings. The van der Waals surface area contributed by atoms with E-state index in [9.17, 15) is 13.2 Å². The molecule has 0 radical (unpaired) electrons. The van der Waals surface area contributed by atoms with Crippen LogP contribution in [0.15, 0.2) is 60.0 Å². The molecule has 0 bridgehead atoms. The van der Waals surface area contributed by atoms with Crippen LogP contribution in [-0.4, -0.2) is 28.0 Å². The Kier molecular flexibility index (Phi) is 6.76. The fourth-order valence-electron chi connectivity index (χ4n) is 2.61. The minimum atomic E-state index is -3.70. The SMILES string of the molecule is C=CCNS(=O)(=O)c1cccc(C(=O)NC(C)c2cc(C)ccc2OC)c1. The standard InChI is InChI=1S/C20H24N2O4S/c1-5-11-21-27(24,25)17-8-6-7-16(13-17)20(23)22-15(3)18-12-14(2)9-10-19(18)26-4/h5-10,12-13,15,21H,1,11H2,2-4H3,(H,22,23). The Bertz CT molecular complexity index is 939. The first-order chi connectivity index (χ1) is 12.8. The van der Waals surface area contributed by atoms with E-state index in [-0.39, 0.29) is 29.0 Å². The van der Waals surface area contributed by atoms with E-state index in [0.29, 0.717) is 5.75 Å². The lowest BCUT2D eigenvalue weighted by molar-refractivity contribution is 0.0939. The first-order valence-electron chi connectivity index (χ1n) is 8.44. The molecule has 0 saturated heterocycles. The van der Waals surface area contributed by atoms with E-state index in [4.69, 9.17) is 4.74 Å². The molecule has 0 saturated carbocycles. The monoisotopic (exact) mass is 388 g/mol. The van der Waals surface area contributed by atoms with Crippen LogP contribution in [0.1, 0.15) is 34.5 Å². The van der Waals surface area contributed by atoms with Gasteiger partial charge < -0.3 is 10.1 Å². The number of benzene rings is 2. The number of nitrogens with one attached hydrogen (secondary N) is 2. The van der Waals surface area contributed by atoms with Crippen LogP contribution in [0.2, 0.25) is 0 Å². The van der Waals surface area contributed by atoms with E-state index < -0.39 is 10.0 Å². The van der Waals surface area contributed by atoms with E-state index in [2.05, 4.69) is 16.6 Å². The van der Waals surface area contributed by atoms with Crippen molar-refractivity contribution in [1.82, 2.24) is 10.0 Å². The summed E-state index contributed by atoms with van der Waals surface area (Å²) in [6, 6.07) is 11.3. The number of ether oxygens (including phenoxy) is 1. The highest BCUT2D eigenvalue weighted by molar-refractivity contribution is 7.89. The van der Waals surface area contributed by atoms with Crippen molar-refractivity contribution in [2.45, 2.75) is 24.8 Å². The van der Waals surface area contributed by atoms with Crippen LogP contribution in [0.4, 0.5) is 0 Å². The molecule has 1 amide bonds. The van der Waals surface area contributed by atoms with Crippen LogP contribution in [-0.2, 0) is 10.0 Å². The zero-order valence-electron chi connectivity index (χ0n) is 15.7. The Balaban J connectivity index is 2.23. The zero-order valence-corrected chi connectivity index (χ0v) is 16.5. The number of methoxy groups -OCH3 is 1. The fraction of sp³-hybridized carbons (Fsp3) is 0.250. The molecule has 144 valence electrons. The van der Waals surface area contributed by atoms with Gasteiger partial charge in [0.05, 0.1) is 18.0 Å². The molecular formula is C20H24N2O4S. The van der Waals surface area contributed by atoms with E-state index >= 15 is 0 Å². The van der Waals surface area contributed by atoms with E-state index in [1.54, 1.807) is 13.2 Å². The van der Waals surface area contributed by atoms with Gasteiger partial charge in [0.1, 0.15) is 5.75 Å². The number of carbonyl (C=O) groups is 1. The van der Waals surface area contributed by atoms with Crippen molar-refractivity contribution < 1.29 is 17.9 Å². The average molecular weight is 388 g/mol. The smallest absolute Gasteiger partial charge is 0.251 e. The second-order valence-corrected chi connectivity index (χ2v) is 7.88. The van der Waals surface area contributed by atoms with Gasteiger partial charge >= 0.3 is 0 Å². The first-order valence-corrected chi connectivity index (χ1v) is 9.93. The largest absolute Gasteiger partial charge is 0.496 e. The minimum absolute atomic E-state index is 0.0257. The van der Waals surface area contributed by atoms with Crippen LogP contribution < -0.4 is 14.8 Å². The lowest BCUT2D eigenvalue weighted by Crippen LogP contribution is -2.28. The molecule has 2 aromatic rings. The number of rotatable bonds is 8. The highest BCUT2D eigenvalue weighted by atomic mass is 32.2. The molecule has 7 heteroatoms. The van der Waals surface area contributed by atoms with Gasteiger partial charge in [-0.25, -0.2) is 13.1 Å². The van der Waals surface area contributed by atoms with E-state index in [1.165, 1.54) is 24.3 Å². The van der Waals surface area contributed by atoms with Gasteiger partial charge in [-0.2, -0.15) is 0 Å². The highest BCUT2D eigenvalue weighted by Gasteiger charge is 2.18. The molecule has 0 aliphatic carbocycles. The fourth-order valence-corrected chi connectivity index (χ4v) is 3.65. The molecule has 2 N–H and O–H groups in total. The van der Waals surface area contributed by atoms with Gasteiger partial charge in [0.2, 0.25) is 10.0 Å². The maximum Gasteiger partial charge on any atom is 0.251 e. The quantitative estimate of drug-likeness (QED) is 0.681. The van der Waals surface area contributed by atoms with Crippen molar-refractivity contribution >= 4 is 15.9 Å². The molecule has 2 aromatic carbocycles. The van der Waals surface area contributed by atoms with Gasteiger partial charge in [-0.1, -0.05) is 29.8 Å². The summed E-state index contributed by atoms with van der Waals surface area (Å²) in [6.45, 7) is 7.41. The number of sulfonamides is 1. The number of amides is 1. The van der Waals surface area contributed by atoms with Crippen molar-refractivity contribution in [2.24, 2.45) is 0 Å². The average Bonchev–Trinajstić information content (AvgIpc) is 2.66. The number of carbonyl (C=O) groups excluding carboxylic acids is 1. The lowest BCUT2D eigenvalue weighted by atomic mass is 10.0. The Hall–Kier alpha value is -2.64. The van der Waals surface area contributed by atoms with Gasteiger partial charge in [0.25, 0.3) is 5.91 Å². The Labute approximate surface area is 160 Å². The first kappa shape index (κ1) is 20.7.